The van der Waals surface area contributed by atoms with Gasteiger partial charge in [-0.25, -0.2) is 9.79 Å². The zero-order valence-corrected chi connectivity index (χ0v) is 27.3. The van der Waals surface area contributed by atoms with Gasteiger partial charge in [-0.3, -0.25) is 9.36 Å². The lowest BCUT2D eigenvalue weighted by molar-refractivity contribution is -0.139. The molecule has 0 amide bonds. The Kier molecular flexibility index (Phi) is 8.76. The number of ether oxygens (including phenoxy) is 3. The predicted octanol–water partition coefficient (Wildman–Crippen LogP) is 5.61. The number of aromatic nitrogens is 1. The van der Waals surface area contributed by atoms with Gasteiger partial charge in [0.2, 0.25) is 0 Å². The van der Waals surface area contributed by atoms with E-state index in [2.05, 4.69) is 29.3 Å². The fourth-order valence-electron chi connectivity index (χ4n) is 5.68. The summed E-state index contributed by atoms with van der Waals surface area (Å²) in [5.41, 5.74) is 4.30. The summed E-state index contributed by atoms with van der Waals surface area (Å²) in [4.78, 5) is 34.4. The first-order valence-electron chi connectivity index (χ1n) is 15.0. The molecule has 0 fully saturated rings. The van der Waals surface area contributed by atoms with Crippen molar-refractivity contribution < 1.29 is 19.0 Å². The Morgan fingerprint density at radius 1 is 1.00 bits per heavy atom. The Labute approximate surface area is 271 Å². The number of rotatable bonds is 9. The highest BCUT2D eigenvalue weighted by atomic mass is 32.1. The molecule has 8 nitrogen and oxygen atoms in total. The average molecular weight is 634 g/mol. The van der Waals surface area contributed by atoms with Crippen LogP contribution in [-0.4, -0.2) is 38.3 Å². The topological polar surface area (TPSA) is 82.4 Å². The Bertz CT molecular complexity index is 2140. The van der Waals surface area contributed by atoms with Crippen LogP contribution in [0.5, 0.6) is 11.5 Å². The molecule has 0 N–H and O–H groups in total. The molecule has 1 atom stereocenters. The number of hydrogen-bond acceptors (Lipinski definition) is 8. The molecule has 0 bridgehead atoms. The first-order valence-corrected chi connectivity index (χ1v) is 15.8. The molecule has 0 radical (unpaired) electrons. The second kappa shape index (κ2) is 13.1. The third-order valence-electron chi connectivity index (χ3n) is 7.99. The van der Waals surface area contributed by atoms with Crippen molar-refractivity contribution in [3.05, 3.63) is 133 Å². The maximum Gasteiger partial charge on any atom is 0.338 e. The van der Waals surface area contributed by atoms with Crippen molar-refractivity contribution in [3.8, 4) is 11.5 Å². The molecule has 1 aromatic heterocycles. The molecule has 0 aliphatic carbocycles. The monoisotopic (exact) mass is 633 g/mol. The van der Waals surface area contributed by atoms with Gasteiger partial charge in [-0.05, 0) is 71.7 Å². The van der Waals surface area contributed by atoms with Gasteiger partial charge in [0.25, 0.3) is 5.56 Å². The zero-order chi connectivity index (χ0) is 32.4. The van der Waals surface area contributed by atoms with E-state index in [1.165, 1.54) is 11.3 Å². The molecule has 5 aromatic rings. The molecular formula is C37H35N3O5S. The van der Waals surface area contributed by atoms with E-state index in [1.54, 1.807) is 25.5 Å². The number of thiazole rings is 1. The number of hydrogen-bond donors (Lipinski definition) is 0. The summed E-state index contributed by atoms with van der Waals surface area (Å²) in [6.07, 6.45) is 1.82. The van der Waals surface area contributed by atoms with Crippen LogP contribution in [0.2, 0.25) is 0 Å². The molecule has 0 spiro atoms. The lowest BCUT2D eigenvalue weighted by Gasteiger charge is -2.25. The van der Waals surface area contributed by atoms with Crippen molar-refractivity contribution in [3.63, 3.8) is 0 Å². The van der Waals surface area contributed by atoms with E-state index >= 15 is 0 Å². The molecule has 0 unspecified atom stereocenters. The third kappa shape index (κ3) is 5.93. The molecule has 234 valence electrons. The van der Waals surface area contributed by atoms with Crippen LogP contribution in [0.25, 0.3) is 16.8 Å². The van der Waals surface area contributed by atoms with Gasteiger partial charge in [0.1, 0.15) is 6.61 Å². The van der Waals surface area contributed by atoms with Crippen molar-refractivity contribution in [2.24, 2.45) is 4.99 Å². The maximum atomic E-state index is 14.0. The highest BCUT2D eigenvalue weighted by Crippen LogP contribution is 2.32. The summed E-state index contributed by atoms with van der Waals surface area (Å²) in [5.74, 6) is 0.675. The number of carbonyl (C=O) groups is 1. The van der Waals surface area contributed by atoms with Gasteiger partial charge in [0.05, 0.1) is 35.6 Å². The molecule has 2 heterocycles. The molecule has 0 saturated heterocycles. The van der Waals surface area contributed by atoms with Gasteiger partial charge in [-0.1, -0.05) is 72.0 Å². The predicted molar refractivity (Wildman–Crippen MR) is 182 cm³/mol. The third-order valence-corrected chi connectivity index (χ3v) is 8.97. The SMILES string of the molecule is CCOC(=O)C1=C(C)N=c2sc(=Cc3ccc(OCc4cccc5ccccc45)c(OC)c3)c(=O)n2[C@@H]1c1ccc(N(C)C)cc1. The Hall–Kier alpha value is -5.15. The molecule has 4 aromatic carbocycles. The van der Waals surface area contributed by atoms with Crippen LogP contribution in [0.1, 0.15) is 36.6 Å². The second-order valence-electron chi connectivity index (χ2n) is 11.1. The van der Waals surface area contributed by atoms with Gasteiger partial charge < -0.3 is 19.1 Å². The van der Waals surface area contributed by atoms with Crippen LogP contribution in [0.15, 0.2) is 106 Å². The molecular weight excluding hydrogens is 598 g/mol. The first-order chi connectivity index (χ1) is 22.3. The molecule has 1 aliphatic rings. The van der Waals surface area contributed by atoms with E-state index < -0.39 is 12.0 Å². The number of allylic oxidation sites excluding steroid dienone is 1. The number of benzene rings is 4. The van der Waals surface area contributed by atoms with E-state index in [0.29, 0.717) is 38.7 Å². The van der Waals surface area contributed by atoms with Crippen molar-refractivity contribution in [1.82, 2.24) is 4.57 Å². The van der Waals surface area contributed by atoms with Gasteiger partial charge >= 0.3 is 5.97 Å². The van der Waals surface area contributed by atoms with Gasteiger partial charge in [-0.15, -0.1) is 0 Å². The van der Waals surface area contributed by atoms with Gasteiger partial charge in [0.15, 0.2) is 16.3 Å². The molecule has 1 aliphatic heterocycles. The number of carbonyl (C=O) groups excluding carboxylic acids is 1. The summed E-state index contributed by atoms with van der Waals surface area (Å²) in [7, 11) is 5.52. The second-order valence-corrected chi connectivity index (χ2v) is 12.1. The summed E-state index contributed by atoms with van der Waals surface area (Å²) < 4.78 is 19.4. The molecule has 46 heavy (non-hydrogen) atoms. The van der Waals surface area contributed by atoms with Crippen molar-refractivity contribution >= 4 is 39.8 Å². The van der Waals surface area contributed by atoms with Crippen LogP contribution >= 0.6 is 11.3 Å². The lowest BCUT2D eigenvalue weighted by atomic mass is 9.95. The van der Waals surface area contributed by atoms with Gasteiger partial charge in [0, 0.05) is 19.8 Å². The number of anilines is 1. The van der Waals surface area contributed by atoms with Crippen molar-refractivity contribution in [2.75, 3.05) is 32.7 Å². The summed E-state index contributed by atoms with van der Waals surface area (Å²) in [5, 5.41) is 2.30. The largest absolute Gasteiger partial charge is 0.493 e. The minimum absolute atomic E-state index is 0.218. The zero-order valence-electron chi connectivity index (χ0n) is 26.4. The smallest absolute Gasteiger partial charge is 0.338 e. The van der Waals surface area contributed by atoms with E-state index in [9.17, 15) is 9.59 Å². The standard InChI is InChI=1S/C37H35N3O5S/c1-6-44-36(42)33-23(2)38-37-40(34(33)26-15-17-28(18-16-26)39(3)4)35(41)32(46-37)21-24-14-19-30(31(20-24)43-5)45-22-27-12-9-11-25-10-7-8-13-29(25)27/h7-21,34H,6,22H2,1-5H3/t34-/m1/s1. The normalized spacial score (nSPS) is 14.5. The summed E-state index contributed by atoms with van der Waals surface area (Å²) in [6, 6.07) is 27.1. The highest BCUT2D eigenvalue weighted by molar-refractivity contribution is 7.07. The van der Waals surface area contributed by atoms with Crippen LogP contribution in [-0.2, 0) is 16.1 Å². The Morgan fingerprint density at radius 2 is 1.76 bits per heavy atom. The van der Waals surface area contributed by atoms with Crippen molar-refractivity contribution in [1.29, 1.82) is 0 Å². The lowest BCUT2D eigenvalue weighted by Crippen LogP contribution is -2.39. The minimum Gasteiger partial charge on any atom is -0.493 e. The van der Waals surface area contributed by atoms with E-state index in [1.807, 2.05) is 85.7 Å². The van der Waals surface area contributed by atoms with E-state index in [0.717, 1.165) is 33.2 Å². The highest BCUT2D eigenvalue weighted by Gasteiger charge is 2.33. The van der Waals surface area contributed by atoms with Crippen LogP contribution in [0.4, 0.5) is 5.69 Å². The molecule has 9 heteroatoms. The van der Waals surface area contributed by atoms with Crippen molar-refractivity contribution in [2.45, 2.75) is 26.5 Å². The fraction of sp³-hybridized carbons (Fsp3) is 0.216. The average Bonchev–Trinajstić information content (AvgIpc) is 3.36. The van der Waals surface area contributed by atoms with E-state index in [-0.39, 0.29) is 12.2 Å². The Balaban J connectivity index is 1.36. The minimum atomic E-state index is -0.673. The number of nitrogens with zero attached hydrogens (tertiary/aromatic N) is 3. The van der Waals surface area contributed by atoms with Crippen LogP contribution in [0.3, 0.4) is 0 Å². The first kappa shape index (κ1) is 30.9. The number of esters is 1. The fourth-order valence-corrected chi connectivity index (χ4v) is 6.73. The quantitative estimate of drug-likeness (QED) is 0.197. The molecule has 6 rings (SSSR count). The number of fused-ring (bicyclic) bond motifs is 2. The van der Waals surface area contributed by atoms with Crippen LogP contribution in [0, 0.1) is 0 Å². The van der Waals surface area contributed by atoms with Crippen LogP contribution < -0.4 is 29.3 Å². The Morgan fingerprint density at radius 3 is 2.50 bits per heavy atom. The molecule has 0 saturated carbocycles. The summed E-state index contributed by atoms with van der Waals surface area (Å²) >= 11 is 1.28. The maximum absolute atomic E-state index is 14.0. The summed E-state index contributed by atoms with van der Waals surface area (Å²) in [6.45, 7) is 4.15. The van der Waals surface area contributed by atoms with Gasteiger partial charge in [-0.2, -0.15) is 0 Å². The number of methoxy groups -OCH3 is 1. The van der Waals surface area contributed by atoms with E-state index in [4.69, 9.17) is 14.2 Å².